The lowest BCUT2D eigenvalue weighted by molar-refractivity contribution is -0.152. The van der Waals surface area contributed by atoms with Crippen molar-refractivity contribution in [1.82, 2.24) is 54.6 Å². The first-order chi connectivity index (χ1) is 54.2. The lowest BCUT2D eigenvalue weighted by Gasteiger charge is -2.45. The number of carbonyl (C=O) groups is 3. The number of benzene rings is 2. The zero-order chi connectivity index (χ0) is 85.9. The first-order valence-electron chi connectivity index (χ1n) is 40.7. The van der Waals surface area contributed by atoms with E-state index in [1.165, 1.54) is 115 Å². The molecule has 4 aromatic heterocycles. The van der Waals surface area contributed by atoms with E-state index < -0.39 is 75.8 Å². The first kappa shape index (κ1) is 110. The number of ether oxygens (including phenoxy) is 1. The molecule has 116 heavy (non-hydrogen) atoms. The monoisotopic (exact) mass is 1540 g/mol. The molecule has 4 aliphatic heterocycles. The van der Waals surface area contributed by atoms with E-state index in [2.05, 4.69) is 123 Å². The smallest absolute Gasteiger partial charge is 0.314 e. The highest BCUT2D eigenvalue weighted by molar-refractivity contribution is 8.22. The summed E-state index contributed by atoms with van der Waals surface area (Å²) in [7, 11) is 76.3. The number of fused-ring (bicyclic) bond motifs is 1. The van der Waals surface area contributed by atoms with E-state index in [0.29, 0.717) is 40.3 Å². The number of piperidine rings is 3. The van der Waals surface area contributed by atoms with Gasteiger partial charge in [-0.15, -0.1) is 0 Å². The van der Waals surface area contributed by atoms with E-state index in [9.17, 15) is 14.4 Å². The van der Waals surface area contributed by atoms with Gasteiger partial charge in [-0.1, -0.05) is 68.5 Å². The van der Waals surface area contributed by atoms with Crippen LogP contribution in [-0.2, 0) is 14.3 Å². The van der Waals surface area contributed by atoms with Gasteiger partial charge >= 0.3 is 11.9 Å². The van der Waals surface area contributed by atoms with Gasteiger partial charge in [0.1, 0.15) is 11.9 Å². The number of nitrogen functional groups attached to an aromatic ring is 2. The minimum Gasteiger partial charge on any atom is -0.397 e. The number of H-pyrrole nitrogens is 1. The van der Waals surface area contributed by atoms with Gasteiger partial charge in [0.25, 0.3) is 0 Å². The van der Waals surface area contributed by atoms with E-state index >= 15 is 0 Å². The molecule has 8 heterocycles. The van der Waals surface area contributed by atoms with Crippen LogP contribution >= 0.6 is 0 Å². The second-order valence-corrected chi connectivity index (χ2v) is 29.6. The SMILES string of the molecule is C.C.CC.CC.CC.Cc1cc(C)c(N)c(N)c1.Cc1cc(C)c2nc(-c3cnc(NCCCC4CCN(C)CC4)nc3C)[nH]c2c1.Cc1nc(NCCCC2CCN(C)CC2)ncc1C#N.Cc1nc(NCCCC2CCN(C)CC2)ncc1C=O.O=C1CCC(=O)O1.[B]B([B])B(B([B])[B])B(B(B([B])[B])B([B])[B])B(B([B])[B])B([B])[B]. The van der Waals surface area contributed by atoms with E-state index in [4.69, 9.17) is 115 Å². The molecule has 4 saturated heterocycles. The fourth-order valence-electron chi connectivity index (χ4n) is 14.1. The predicted molar refractivity (Wildman–Crippen MR) is 518 cm³/mol. The van der Waals surface area contributed by atoms with E-state index in [0.717, 1.165) is 107 Å². The Labute approximate surface area is 720 Å². The van der Waals surface area contributed by atoms with Crippen LogP contribution in [0, 0.1) is 77.6 Å². The van der Waals surface area contributed by atoms with Gasteiger partial charge in [0.2, 0.25) is 17.8 Å². The number of hydrogen-bond donors (Lipinski definition) is 6. The molecular weight excluding hydrogens is 1420 g/mol. The number of nitrogens with two attached hydrogens (primary N) is 2. The Morgan fingerprint density at radius 2 is 0.862 bits per heavy atom. The Hall–Kier alpha value is -6.24. The van der Waals surface area contributed by atoms with Crippen LogP contribution in [0.2, 0.25) is 0 Å². The van der Waals surface area contributed by atoms with Gasteiger partial charge in [-0.05, 0) is 238 Å². The number of nitriles is 1. The third kappa shape index (κ3) is 39.3. The summed E-state index contributed by atoms with van der Waals surface area (Å²) < 4.78 is 4.08. The third-order valence-electron chi connectivity index (χ3n) is 20.5. The van der Waals surface area contributed by atoms with Crippen molar-refractivity contribution < 1.29 is 19.1 Å². The average molecular weight is 1540 g/mol. The van der Waals surface area contributed by atoms with Gasteiger partial charge in [0, 0.05) is 189 Å². The van der Waals surface area contributed by atoms with Gasteiger partial charge in [-0.2, -0.15) is 5.26 Å². The molecule has 0 aliphatic carbocycles. The van der Waals surface area contributed by atoms with Gasteiger partial charge < -0.3 is 51.8 Å². The minimum atomic E-state index is -0.926. The molecule has 0 bridgehead atoms. The molecule has 43 heteroatoms. The second kappa shape index (κ2) is 59.4. The topological polar surface area (TPSA) is 288 Å². The largest absolute Gasteiger partial charge is 0.397 e. The van der Waals surface area contributed by atoms with Crippen molar-refractivity contribution in [1.29, 1.82) is 5.26 Å². The Morgan fingerprint density at radius 3 is 1.19 bits per heavy atom. The number of nitrogens with zero attached hydrogens (tertiary/aromatic N) is 11. The van der Waals surface area contributed by atoms with Crippen LogP contribution in [-0.4, -0.2) is 310 Å². The number of carbonyl (C=O) groups excluding carboxylic acids is 3. The highest BCUT2D eigenvalue weighted by Gasteiger charge is 2.47. The summed E-state index contributed by atoms with van der Waals surface area (Å²) >= 11 is 0. The summed E-state index contributed by atoms with van der Waals surface area (Å²) in [5.41, 5.74) is 23.8. The summed E-state index contributed by atoms with van der Waals surface area (Å²) in [6, 6.07) is 10.3. The van der Waals surface area contributed by atoms with Crippen LogP contribution in [0.4, 0.5) is 29.2 Å². The molecule has 0 atom stereocenters. The maximum atomic E-state index is 10.7. The fraction of sp³-hybridized carbons (Fsp3) is 0.603. The molecule has 8 N–H and O–H groups in total. The van der Waals surface area contributed by atoms with Crippen LogP contribution in [0.3, 0.4) is 0 Å². The number of rotatable bonds is 26. The molecule has 0 saturated carbocycles. The van der Waals surface area contributed by atoms with Crippen molar-refractivity contribution >= 4 is 215 Å². The standard InChI is InChI=1S/C23H32N6.C15H23N5.C15H24N4O.C8H12N2.C4H4O3.3C2H6.2CH4.B22/c1-15-12-16(2)21-20(13-15)27-22(28-21)19-14-25-23(26-17(19)3)24-9-5-6-18-7-10-29(4)11-8-18;1-12-14(10-16)11-18-15(19-12)17-7-3-4-13-5-8-20(2)9-6-13;1-12-14(11-20)10-17-15(18-12)16-7-3-4-13-5-8-19(2)9-6-13;1-5-3-6(2)8(10)7(9)4-5;5-3-1-2-4(6)7-3;3*1-2;;;1-13(2)19(14(3)4)22(20(15(5)6)16(7)8)21(17(9)10)18(11)12/h12-14,18H,5-11H2,1-4H3,(H,27,28)(H,24,25,26);11,13H,3-9H2,1-2H3,(H,17,18,19);10-11,13H,3-9H2,1-2H3,(H,16,17,18);3-4H,9-10H2,1-2H3;1-2H2;3*1-2H3;2*1H4;. The number of imidazole rings is 1. The number of esters is 2. The zero-order valence-corrected chi connectivity index (χ0v) is 71.5. The zero-order valence-electron chi connectivity index (χ0n) is 71.5. The molecule has 0 unspecified atom stereocenters. The highest BCUT2D eigenvalue weighted by atomic mass is 16.6. The number of nitrogens with one attached hydrogen (secondary N) is 4. The second-order valence-electron chi connectivity index (χ2n) is 29.6. The van der Waals surface area contributed by atoms with Gasteiger partial charge in [0.15, 0.2) is 6.29 Å². The molecule has 4 fully saturated rings. The van der Waals surface area contributed by atoms with Crippen molar-refractivity contribution in [3.8, 4) is 17.5 Å². The molecule has 0 amide bonds. The molecule has 6 aromatic rings. The van der Waals surface area contributed by atoms with Crippen molar-refractivity contribution in [2.75, 3.05) is 107 Å². The Balaban J connectivity index is 0.00000140. The van der Waals surface area contributed by atoms with Gasteiger partial charge in [-0.25, -0.2) is 34.9 Å². The van der Waals surface area contributed by atoms with E-state index in [1.54, 1.807) is 12.4 Å². The van der Waals surface area contributed by atoms with E-state index in [-0.39, 0.29) is 27.7 Å². The summed E-state index contributed by atoms with van der Waals surface area (Å²) in [5, 5.41) is 18.7. The molecule has 10 rings (SSSR count). The Morgan fingerprint density at radius 1 is 0.509 bits per heavy atom. The van der Waals surface area contributed by atoms with Crippen LogP contribution in [0.15, 0.2) is 42.9 Å². The lowest BCUT2D eigenvalue weighted by Crippen LogP contribution is -2.83. The van der Waals surface area contributed by atoms with Crippen molar-refractivity contribution in [2.24, 2.45) is 17.8 Å². The number of cyclic esters (lactones) is 2. The van der Waals surface area contributed by atoms with Crippen molar-refractivity contribution in [3.05, 3.63) is 93.3 Å². The summed E-state index contributed by atoms with van der Waals surface area (Å²) in [5.74, 6) is 4.61. The van der Waals surface area contributed by atoms with Crippen LogP contribution in [0.25, 0.3) is 22.4 Å². The maximum Gasteiger partial charge on any atom is 0.314 e. The minimum absolute atomic E-state index is 0. The maximum absolute atomic E-state index is 10.7. The van der Waals surface area contributed by atoms with Gasteiger partial charge in [0.05, 0.1) is 75.2 Å². The summed E-state index contributed by atoms with van der Waals surface area (Å²) in [4.78, 5) is 72.2. The van der Waals surface area contributed by atoms with Gasteiger partial charge in [-0.3, -0.25) is 14.4 Å². The van der Waals surface area contributed by atoms with Crippen LogP contribution < -0.4 is 27.4 Å². The fourth-order valence-corrected chi connectivity index (χ4v) is 14.1. The molecule has 0 spiro atoms. The molecule has 21 nitrogen and oxygen atoms in total. The molecule has 2 aromatic carbocycles. The van der Waals surface area contributed by atoms with Crippen LogP contribution in [0.1, 0.15) is 202 Å². The lowest BCUT2D eigenvalue weighted by atomic mass is 8.36. The Kier molecular flexibility index (Phi) is 56.2. The molecule has 4 aliphatic rings. The Bertz CT molecular complexity index is 3690. The number of aldehydes is 1. The normalized spacial score (nSPS) is 13.8. The van der Waals surface area contributed by atoms with E-state index in [1.807, 2.05) is 94.5 Å². The van der Waals surface area contributed by atoms with Crippen LogP contribution in [0.5, 0.6) is 0 Å². The third-order valence-corrected chi connectivity index (χ3v) is 20.5. The number of likely N-dealkylation sites (tertiary alicyclic amines) is 3. The molecular formula is C73H121B22N17O4. The summed E-state index contributed by atoms with van der Waals surface area (Å²) in [6.45, 7) is 36.0. The molecule has 588 valence electrons. The van der Waals surface area contributed by atoms with Crippen molar-refractivity contribution in [2.45, 2.75) is 195 Å². The first-order valence-corrected chi connectivity index (χ1v) is 40.7. The summed E-state index contributed by atoms with van der Waals surface area (Å²) in [6.07, 6.45) is 13.3. The highest BCUT2D eigenvalue weighted by Crippen LogP contribution is 2.28. The number of aryl methyl sites for hydroxylation is 7. The number of hydrogen-bond acceptors (Lipinski definition) is 20. The van der Waals surface area contributed by atoms with Crippen molar-refractivity contribution in [3.63, 3.8) is 0 Å². The number of aromatic amines is 1. The average Bonchev–Trinajstić information content (AvgIpc) is 1.52. The predicted octanol–water partition coefficient (Wildman–Crippen LogP) is 6.09. The quantitative estimate of drug-likeness (QED) is 0.00894. The number of anilines is 5. The number of aromatic nitrogens is 8. The molecule has 24 radical (unpaired) electrons.